The lowest BCUT2D eigenvalue weighted by atomic mass is 9.80. The number of allylic oxidation sites excluding steroid dienone is 1. The van der Waals surface area contributed by atoms with Gasteiger partial charge in [0.1, 0.15) is 0 Å². The summed E-state index contributed by atoms with van der Waals surface area (Å²) in [4.78, 5) is 0. The van der Waals surface area contributed by atoms with Gasteiger partial charge in [0, 0.05) is 6.21 Å². The first kappa shape index (κ1) is 28.9. The minimum atomic E-state index is 1.17. The Morgan fingerprint density at radius 1 is 0.367 bits per heavy atom. The number of rotatable bonds is 4. The second-order valence-corrected chi connectivity index (χ2v) is 12.8. The average molecular weight is 624 g/mol. The van der Waals surface area contributed by atoms with Gasteiger partial charge in [-0.1, -0.05) is 152 Å². The molecule has 0 aliphatic heterocycles. The van der Waals surface area contributed by atoms with Crippen LogP contribution < -0.4 is 0 Å². The first-order chi connectivity index (χ1) is 24.2. The molecule has 230 valence electrons. The summed E-state index contributed by atoms with van der Waals surface area (Å²) in [6.45, 7) is 2.19. The maximum atomic E-state index is 7.62. The van der Waals surface area contributed by atoms with E-state index < -0.39 is 0 Å². The van der Waals surface area contributed by atoms with Gasteiger partial charge in [-0.15, -0.1) is 0 Å². The molecule has 8 aromatic rings. The van der Waals surface area contributed by atoms with Gasteiger partial charge in [0.05, 0.1) is 0 Å². The van der Waals surface area contributed by atoms with Crippen LogP contribution in [0, 0.1) is 12.3 Å². The maximum absolute atomic E-state index is 7.62. The van der Waals surface area contributed by atoms with E-state index in [4.69, 9.17) is 5.41 Å². The number of aryl methyl sites for hydroxylation is 1. The van der Waals surface area contributed by atoms with Gasteiger partial charge in [-0.05, 0) is 125 Å². The molecule has 0 bridgehead atoms. The quantitative estimate of drug-likeness (QED) is 0.149. The molecule has 0 spiro atoms. The summed E-state index contributed by atoms with van der Waals surface area (Å²) in [5, 5.41) is 12.6. The standard InChI is InChI=1S/C48H33N/c1-31-36-11-2-3-12-38(36)45-26-24-34(29-47(45)37(31)19-10-28-49)32-20-22-33(23-21-32)35-25-27-46-43-17-7-6-15-41(43)39-13-4-5-14-40(39)42-16-8-9-18-44(42)48(46)30-35/h2-30,49H,1H3/b19-10-,41-39?,42-40?,46-43?,48-44?,49-28?. The number of benzene rings is 8. The average Bonchev–Trinajstić information content (AvgIpc) is 3.17. The molecule has 0 fully saturated rings. The van der Waals surface area contributed by atoms with Crippen LogP contribution in [0.2, 0.25) is 0 Å². The fourth-order valence-corrected chi connectivity index (χ4v) is 7.83. The van der Waals surface area contributed by atoms with Crippen molar-refractivity contribution in [2.45, 2.75) is 6.92 Å². The number of hydrogen-bond acceptors (Lipinski definition) is 1. The number of nitrogens with one attached hydrogen (secondary N) is 1. The number of fused-ring (bicyclic) bond motifs is 11. The van der Waals surface area contributed by atoms with Crippen LogP contribution >= 0.6 is 0 Å². The van der Waals surface area contributed by atoms with Gasteiger partial charge in [-0.2, -0.15) is 0 Å². The van der Waals surface area contributed by atoms with Gasteiger partial charge in [0.25, 0.3) is 0 Å². The molecule has 0 radical (unpaired) electrons. The van der Waals surface area contributed by atoms with Crippen molar-refractivity contribution in [3.63, 3.8) is 0 Å². The highest BCUT2D eigenvalue weighted by atomic mass is 14.3. The van der Waals surface area contributed by atoms with Crippen LogP contribution in [0.4, 0.5) is 0 Å². The lowest BCUT2D eigenvalue weighted by Gasteiger charge is -2.23. The summed E-state index contributed by atoms with van der Waals surface area (Å²) in [6.07, 6.45) is 5.23. The second-order valence-electron chi connectivity index (χ2n) is 12.8. The van der Waals surface area contributed by atoms with Crippen molar-refractivity contribution in [2.75, 3.05) is 0 Å². The molecule has 1 aliphatic rings. The van der Waals surface area contributed by atoms with Gasteiger partial charge in [0.15, 0.2) is 0 Å². The van der Waals surface area contributed by atoms with Crippen molar-refractivity contribution in [1.82, 2.24) is 0 Å². The molecule has 0 amide bonds. The highest BCUT2D eigenvalue weighted by Gasteiger charge is 2.22. The molecule has 8 aromatic carbocycles. The molecule has 1 heteroatoms. The maximum Gasteiger partial charge on any atom is 0.0177 e. The fourth-order valence-electron chi connectivity index (χ4n) is 7.83. The van der Waals surface area contributed by atoms with Crippen LogP contribution in [-0.2, 0) is 0 Å². The van der Waals surface area contributed by atoms with Gasteiger partial charge in [-0.25, -0.2) is 0 Å². The van der Waals surface area contributed by atoms with Crippen LogP contribution in [0.5, 0.6) is 0 Å². The van der Waals surface area contributed by atoms with Gasteiger partial charge in [0.2, 0.25) is 0 Å². The molecule has 1 N–H and O–H groups in total. The smallest absolute Gasteiger partial charge is 0.0177 e. The normalized spacial score (nSPS) is 11.8. The van der Waals surface area contributed by atoms with Crippen molar-refractivity contribution < 1.29 is 0 Å². The van der Waals surface area contributed by atoms with Crippen molar-refractivity contribution in [3.8, 4) is 66.8 Å². The van der Waals surface area contributed by atoms with Crippen LogP contribution in [0.3, 0.4) is 0 Å². The highest BCUT2D eigenvalue weighted by Crippen LogP contribution is 2.48. The minimum absolute atomic E-state index is 1.17. The van der Waals surface area contributed by atoms with E-state index in [1.54, 1.807) is 0 Å². The summed E-state index contributed by atoms with van der Waals surface area (Å²) in [6, 6.07) is 57.8. The molecular formula is C48H33N. The summed E-state index contributed by atoms with van der Waals surface area (Å²) < 4.78 is 0. The Labute approximate surface area is 287 Å². The van der Waals surface area contributed by atoms with E-state index in [9.17, 15) is 0 Å². The zero-order valence-corrected chi connectivity index (χ0v) is 27.2. The SMILES string of the molecule is Cc1c(/C=C\C=N)c2cc(-c3ccc(-c4ccc5c(c4)-c4ccccc4-c4ccccc4-c4ccccc4-5)cc3)ccc2c2ccccc12. The third kappa shape index (κ3) is 4.74. The lowest BCUT2D eigenvalue weighted by Crippen LogP contribution is -1.97. The monoisotopic (exact) mass is 623 g/mol. The van der Waals surface area contributed by atoms with Crippen molar-refractivity contribution >= 4 is 33.8 Å². The zero-order chi connectivity index (χ0) is 32.9. The Morgan fingerprint density at radius 3 is 1.33 bits per heavy atom. The van der Waals surface area contributed by atoms with Crippen LogP contribution in [0.15, 0.2) is 164 Å². The van der Waals surface area contributed by atoms with Crippen LogP contribution in [-0.4, -0.2) is 6.21 Å². The molecule has 0 saturated carbocycles. The molecule has 0 saturated heterocycles. The summed E-state index contributed by atoms with van der Waals surface area (Å²) >= 11 is 0. The van der Waals surface area contributed by atoms with Gasteiger partial charge in [-0.3, -0.25) is 0 Å². The van der Waals surface area contributed by atoms with E-state index >= 15 is 0 Å². The van der Waals surface area contributed by atoms with E-state index in [1.165, 1.54) is 106 Å². The Hall–Kier alpha value is -6.31. The molecule has 0 atom stereocenters. The first-order valence-corrected chi connectivity index (χ1v) is 16.9. The third-order valence-corrected chi connectivity index (χ3v) is 10.2. The largest absolute Gasteiger partial charge is 0.309 e. The van der Waals surface area contributed by atoms with Crippen LogP contribution in [0.1, 0.15) is 11.1 Å². The summed E-state index contributed by atoms with van der Waals surface area (Å²) in [5.41, 5.74) is 17.2. The van der Waals surface area contributed by atoms with E-state index in [0.717, 1.165) is 0 Å². The molecule has 1 aliphatic carbocycles. The second kappa shape index (κ2) is 11.7. The van der Waals surface area contributed by atoms with E-state index in [-0.39, 0.29) is 0 Å². The fraction of sp³-hybridized carbons (Fsp3) is 0.0208. The Morgan fingerprint density at radius 2 is 0.776 bits per heavy atom. The predicted octanol–water partition coefficient (Wildman–Crippen LogP) is 13.3. The summed E-state index contributed by atoms with van der Waals surface area (Å²) in [7, 11) is 0. The van der Waals surface area contributed by atoms with E-state index in [0.29, 0.717) is 0 Å². The van der Waals surface area contributed by atoms with E-state index in [1.807, 2.05) is 6.08 Å². The Bertz CT molecular complexity index is 2610. The zero-order valence-electron chi connectivity index (χ0n) is 27.2. The van der Waals surface area contributed by atoms with Crippen molar-refractivity contribution in [1.29, 1.82) is 5.41 Å². The molecule has 0 aromatic heterocycles. The molecule has 1 nitrogen and oxygen atoms in total. The van der Waals surface area contributed by atoms with Crippen LogP contribution in [0.25, 0.3) is 94.4 Å². The van der Waals surface area contributed by atoms with Crippen molar-refractivity contribution in [2.24, 2.45) is 0 Å². The predicted molar refractivity (Wildman–Crippen MR) is 210 cm³/mol. The molecule has 0 unspecified atom stereocenters. The molecule has 49 heavy (non-hydrogen) atoms. The van der Waals surface area contributed by atoms with Crippen molar-refractivity contribution in [3.05, 3.63) is 175 Å². The Balaban J connectivity index is 1.16. The molecular weight excluding hydrogens is 591 g/mol. The minimum Gasteiger partial charge on any atom is -0.309 e. The first-order valence-electron chi connectivity index (χ1n) is 16.9. The molecule has 9 rings (SSSR count). The summed E-state index contributed by atoms with van der Waals surface area (Å²) in [5.74, 6) is 0. The van der Waals surface area contributed by atoms with Gasteiger partial charge < -0.3 is 5.41 Å². The van der Waals surface area contributed by atoms with Gasteiger partial charge >= 0.3 is 0 Å². The topological polar surface area (TPSA) is 23.9 Å². The highest BCUT2D eigenvalue weighted by molar-refractivity contribution is 6.14. The molecule has 0 heterocycles. The number of hydrogen-bond donors (Lipinski definition) is 1. The Kier molecular flexibility index (Phi) is 6.92. The lowest BCUT2D eigenvalue weighted by molar-refractivity contribution is 1.51. The van der Waals surface area contributed by atoms with E-state index in [2.05, 4.69) is 171 Å². The third-order valence-electron chi connectivity index (χ3n) is 10.2.